The fourth-order valence-electron chi connectivity index (χ4n) is 5.66. The van der Waals surface area contributed by atoms with Crippen LogP contribution in [-0.2, 0) is 9.59 Å². The lowest BCUT2D eigenvalue weighted by Gasteiger charge is -2.25. The molecule has 45 heavy (non-hydrogen) atoms. The number of urea groups is 1. The molecule has 1 fully saturated rings. The monoisotopic (exact) mass is 618 g/mol. The Labute approximate surface area is 262 Å². The molecule has 2 aromatic heterocycles. The number of carbonyl (C=O) groups excluding carboxylic acids is 2. The number of benzene rings is 1. The van der Waals surface area contributed by atoms with Gasteiger partial charge >= 0.3 is 12.0 Å². The summed E-state index contributed by atoms with van der Waals surface area (Å²) in [5, 5.41) is 21.0. The molecular formula is C33H42N6O6. The van der Waals surface area contributed by atoms with Gasteiger partial charge in [0.1, 0.15) is 23.1 Å². The molecule has 3 atom stereocenters. The molecule has 240 valence electrons. The molecule has 12 heteroatoms. The van der Waals surface area contributed by atoms with Crippen LogP contribution in [0.2, 0.25) is 0 Å². The van der Waals surface area contributed by atoms with Gasteiger partial charge in [-0.2, -0.15) is 5.10 Å². The molecule has 3 amide bonds. The summed E-state index contributed by atoms with van der Waals surface area (Å²) in [6, 6.07) is 6.05. The van der Waals surface area contributed by atoms with Crippen LogP contribution < -0.4 is 20.1 Å². The maximum absolute atomic E-state index is 13.5. The Morgan fingerprint density at radius 3 is 2.71 bits per heavy atom. The van der Waals surface area contributed by atoms with E-state index in [9.17, 15) is 19.5 Å². The van der Waals surface area contributed by atoms with Gasteiger partial charge in [-0.25, -0.2) is 19.3 Å². The molecule has 1 aliphatic carbocycles. The van der Waals surface area contributed by atoms with E-state index in [-0.39, 0.29) is 24.9 Å². The highest BCUT2D eigenvalue weighted by Crippen LogP contribution is 2.45. The fourth-order valence-corrected chi connectivity index (χ4v) is 5.66. The van der Waals surface area contributed by atoms with Crippen LogP contribution in [0.4, 0.5) is 4.79 Å². The van der Waals surface area contributed by atoms with Crippen molar-refractivity contribution in [3.05, 3.63) is 53.9 Å². The van der Waals surface area contributed by atoms with Gasteiger partial charge in [0, 0.05) is 49.1 Å². The fraction of sp³-hybridized carbons (Fsp3) is 0.485. The first kappa shape index (κ1) is 31.8. The normalized spacial score (nSPS) is 22.4. The number of aromatic nitrogens is 3. The van der Waals surface area contributed by atoms with E-state index >= 15 is 0 Å². The van der Waals surface area contributed by atoms with Gasteiger partial charge in [-0.1, -0.05) is 26.0 Å². The number of methoxy groups -OCH3 is 1. The first-order valence-electron chi connectivity index (χ1n) is 15.4. The summed E-state index contributed by atoms with van der Waals surface area (Å²) in [6.07, 6.45) is 8.56. The molecular weight excluding hydrogens is 576 g/mol. The third kappa shape index (κ3) is 6.74. The van der Waals surface area contributed by atoms with Gasteiger partial charge in [0.15, 0.2) is 5.82 Å². The summed E-state index contributed by atoms with van der Waals surface area (Å²) in [5.74, 6) is 0.0738. The smallest absolute Gasteiger partial charge is 0.330 e. The molecule has 2 aliphatic rings. The van der Waals surface area contributed by atoms with Crippen LogP contribution in [0.25, 0.3) is 16.7 Å². The average Bonchev–Trinajstić information content (AvgIpc) is 3.47. The van der Waals surface area contributed by atoms with Gasteiger partial charge in [0.05, 0.1) is 24.9 Å². The van der Waals surface area contributed by atoms with Gasteiger partial charge in [0.25, 0.3) is 0 Å². The molecule has 3 aromatic rings. The summed E-state index contributed by atoms with van der Waals surface area (Å²) < 4.78 is 13.5. The number of allylic oxidation sites excluding steroid dienone is 1. The molecule has 0 spiro atoms. The lowest BCUT2D eigenvalue weighted by atomic mass is 10.1. The molecule has 3 unspecified atom stereocenters. The van der Waals surface area contributed by atoms with Crippen molar-refractivity contribution in [1.29, 1.82) is 0 Å². The minimum atomic E-state index is -1.38. The minimum absolute atomic E-state index is 0.0610. The zero-order chi connectivity index (χ0) is 32.3. The first-order valence-corrected chi connectivity index (χ1v) is 15.4. The largest absolute Gasteiger partial charge is 0.496 e. The number of ether oxygens (including phenoxy) is 2. The number of rotatable bonds is 8. The van der Waals surface area contributed by atoms with E-state index in [4.69, 9.17) is 14.5 Å². The zero-order valence-corrected chi connectivity index (χ0v) is 26.5. The van der Waals surface area contributed by atoms with Gasteiger partial charge < -0.3 is 30.1 Å². The molecule has 0 radical (unpaired) electrons. The number of aryl methyl sites for hydroxylation is 1. The summed E-state index contributed by atoms with van der Waals surface area (Å²) in [4.78, 5) is 45.2. The predicted octanol–water partition coefficient (Wildman–Crippen LogP) is 4.34. The van der Waals surface area contributed by atoms with Gasteiger partial charge in [0.2, 0.25) is 5.91 Å². The molecule has 0 saturated heterocycles. The number of carboxylic acids is 1. The van der Waals surface area contributed by atoms with E-state index in [2.05, 4.69) is 29.6 Å². The predicted molar refractivity (Wildman–Crippen MR) is 169 cm³/mol. The number of carbonyl (C=O) groups is 3. The van der Waals surface area contributed by atoms with Crippen LogP contribution in [-0.4, -0.2) is 81.6 Å². The zero-order valence-electron chi connectivity index (χ0n) is 26.5. The van der Waals surface area contributed by atoms with E-state index in [0.29, 0.717) is 35.8 Å². The SMILES string of the molecule is COc1ccc2c(OCCC3NC(=O)N(C)CCCCC=CC4CC4(C(=O)O)NC3=O)cc(-n3ccc(C(C)C)n3)nc2c1C. The third-order valence-corrected chi connectivity index (χ3v) is 8.64. The molecule has 1 aliphatic heterocycles. The van der Waals surface area contributed by atoms with Crippen LogP contribution in [0.5, 0.6) is 11.5 Å². The lowest BCUT2D eigenvalue weighted by Crippen LogP contribution is -2.55. The van der Waals surface area contributed by atoms with E-state index in [1.54, 1.807) is 24.9 Å². The van der Waals surface area contributed by atoms with Gasteiger partial charge in [-0.15, -0.1) is 0 Å². The van der Waals surface area contributed by atoms with E-state index in [1.165, 1.54) is 4.90 Å². The Morgan fingerprint density at radius 1 is 1.20 bits per heavy atom. The number of hydrogen-bond acceptors (Lipinski definition) is 7. The first-order chi connectivity index (χ1) is 21.5. The van der Waals surface area contributed by atoms with E-state index in [0.717, 1.165) is 35.9 Å². The highest BCUT2D eigenvalue weighted by Gasteiger charge is 2.60. The van der Waals surface area contributed by atoms with Crippen molar-refractivity contribution >= 4 is 28.8 Å². The Kier molecular flexibility index (Phi) is 9.31. The number of amides is 3. The maximum Gasteiger partial charge on any atom is 0.330 e. The van der Waals surface area contributed by atoms with E-state index in [1.807, 2.05) is 43.5 Å². The number of hydrogen-bond donors (Lipinski definition) is 3. The molecule has 3 heterocycles. The maximum atomic E-state index is 13.5. The highest BCUT2D eigenvalue weighted by atomic mass is 16.5. The number of nitrogens with zero attached hydrogens (tertiary/aromatic N) is 4. The Morgan fingerprint density at radius 2 is 2.00 bits per heavy atom. The number of nitrogens with one attached hydrogen (secondary N) is 2. The molecule has 12 nitrogen and oxygen atoms in total. The van der Waals surface area contributed by atoms with Crippen molar-refractivity contribution in [2.45, 2.75) is 70.4 Å². The summed E-state index contributed by atoms with van der Waals surface area (Å²) in [7, 11) is 3.29. The summed E-state index contributed by atoms with van der Waals surface area (Å²) >= 11 is 0. The topological polar surface area (TPSA) is 148 Å². The van der Waals surface area contributed by atoms with Crippen LogP contribution >= 0.6 is 0 Å². The minimum Gasteiger partial charge on any atom is -0.496 e. The van der Waals surface area contributed by atoms with Crippen molar-refractivity contribution < 1.29 is 29.0 Å². The molecule has 3 N–H and O–H groups in total. The van der Waals surface area contributed by atoms with Crippen LogP contribution in [0.15, 0.2) is 42.6 Å². The third-order valence-electron chi connectivity index (χ3n) is 8.64. The highest BCUT2D eigenvalue weighted by molar-refractivity contribution is 5.94. The molecule has 1 aromatic carbocycles. The number of pyridine rings is 1. The van der Waals surface area contributed by atoms with Gasteiger partial charge in [-0.05, 0) is 56.7 Å². The number of carboxylic acid groups (broad SMARTS) is 1. The Balaban J connectivity index is 1.42. The number of aliphatic carboxylic acids is 1. The standard InChI is InChI=1S/C33H42N6O6/c1-20(2)24-13-16-39(37-24)28-18-27(23-11-12-26(44-5)21(3)29(23)35-28)45-17-14-25-30(40)36-33(31(41)42)19-22(33)10-8-6-7-9-15-38(4)32(43)34-25/h8,10-13,16,18,20,22,25H,6-7,9,14-15,17,19H2,1-5H3,(H,34,43)(H,36,40)(H,41,42). The van der Waals surface area contributed by atoms with Crippen molar-refractivity contribution in [1.82, 2.24) is 30.3 Å². The Hall–Kier alpha value is -4.61. The van der Waals surface area contributed by atoms with Crippen molar-refractivity contribution in [2.24, 2.45) is 5.92 Å². The summed E-state index contributed by atoms with van der Waals surface area (Å²) in [6.45, 7) is 6.66. The van der Waals surface area contributed by atoms with Crippen molar-refractivity contribution in [2.75, 3.05) is 27.3 Å². The lowest BCUT2D eigenvalue weighted by molar-refractivity contribution is -0.143. The molecule has 0 bridgehead atoms. The van der Waals surface area contributed by atoms with E-state index < -0.39 is 29.5 Å². The Bertz CT molecular complexity index is 1620. The van der Waals surface area contributed by atoms with Crippen LogP contribution in [0, 0.1) is 12.8 Å². The average molecular weight is 619 g/mol. The summed E-state index contributed by atoms with van der Waals surface area (Å²) in [5.41, 5.74) is 1.07. The quantitative estimate of drug-likeness (QED) is 0.316. The van der Waals surface area contributed by atoms with Crippen LogP contribution in [0.1, 0.15) is 63.1 Å². The van der Waals surface area contributed by atoms with Crippen molar-refractivity contribution in [3.63, 3.8) is 0 Å². The second kappa shape index (κ2) is 13.2. The number of fused-ring (bicyclic) bond motifs is 2. The second-order valence-corrected chi connectivity index (χ2v) is 12.2. The molecule has 1 saturated carbocycles. The van der Waals surface area contributed by atoms with Crippen LogP contribution in [0.3, 0.4) is 0 Å². The van der Waals surface area contributed by atoms with Crippen molar-refractivity contribution in [3.8, 4) is 17.3 Å². The van der Waals surface area contributed by atoms with Gasteiger partial charge in [-0.3, -0.25) is 4.79 Å². The second-order valence-electron chi connectivity index (χ2n) is 12.2. The molecule has 5 rings (SSSR count).